The van der Waals surface area contributed by atoms with Crippen molar-refractivity contribution in [1.29, 1.82) is 0 Å². The van der Waals surface area contributed by atoms with Gasteiger partial charge in [0.05, 0.1) is 20.0 Å². The Kier molecular flexibility index (Phi) is 8.93. The number of nitrogens with one attached hydrogen (secondary N) is 1. The summed E-state index contributed by atoms with van der Waals surface area (Å²) in [5.74, 6) is -0.0487. The molecule has 31 heavy (non-hydrogen) atoms. The average molecular weight is 647 g/mol. The van der Waals surface area contributed by atoms with E-state index in [0.29, 0.717) is 17.9 Å². The zero-order valence-corrected chi connectivity index (χ0v) is 21.4. The first kappa shape index (κ1) is 23.8. The van der Waals surface area contributed by atoms with Gasteiger partial charge in [0.25, 0.3) is 5.91 Å². The Balaban J connectivity index is 1.57. The highest BCUT2D eigenvalue weighted by atomic mass is 127. The maximum atomic E-state index is 12.4. The average Bonchev–Trinajstić information content (AvgIpc) is 3.28. The van der Waals surface area contributed by atoms with Crippen molar-refractivity contribution in [2.45, 2.75) is 19.8 Å². The fourth-order valence-electron chi connectivity index (χ4n) is 3.15. The first-order valence-corrected chi connectivity index (χ1v) is 12.1. The van der Waals surface area contributed by atoms with Gasteiger partial charge in [0.1, 0.15) is 5.75 Å². The van der Waals surface area contributed by atoms with Crippen molar-refractivity contribution in [2.24, 2.45) is 5.10 Å². The van der Waals surface area contributed by atoms with Crippen LogP contribution in [0.5, 0.6) is 5.75 Å². The molecule has 0 aliphatic carbocycles. The fourth-order valence-corrected chi connectivity index (χ4v) is 5.28. The summed E-state index contributed by atoms with van der Waals surface area (Å²) in [6.07, 6.45) is 4.01. The van der Waals surface area contributed by atoms with E-state index in [1.807, 2.05) is 36.4 Å². The predicted octanol–water partition coefficient (Wildman–Crippen LogP) is 4.20. The van der Waals surface area contributed by atoms with E-state index in [-0.39, 0.29) is 12.5 Å². The zero-order chi connectivity index (χ0) is 22.2. The van der Waals surface area contributed by atoms with Gasteiger partial charge in [-0.3, -0.25) is 4.79 Å². The Hall–Kier alpha value is -1.89. The SMILES string of the molecule is CCOC(=O)COc1c(I)cc(/C=N\NC(=O)c2ccc(N3CCCC3)cc2)cc1I. The third-order valence-electron chi connectivity index (χ3n) is 4.64. The molecule has 1 N–H and O–H groups in total. The molecule has 7 nitrogen and oxygen atoms in total. The molecule has 1 aliphatic heterocycles. The predicted molar refractivity (Wildman–Crippen MR) is 137 cm³/mol. The molecule has 0 saturated carbocycles. The van der Waals surface area contributed by atoms with Crippen LogP contribution in [0.3, 0.4) is 0 Å². The number of hydrogen-bond donors (Lipinski definition) is 1. The van der Waals surface area contributed by atoms with Crippen molar-refractivity contribution in [3.05, 3.63) is 54.7 Å². The molecule has 0 unspecified atom stereocenters. The van der Waals surface area contributed by atoms with Crippen LogP contribution in [0.25, 0.3) is 0 Å². The van der Waals surface area contributed by atoms with Gasteiger partial charge in [-0.25, -0.2) is 10.2 Å². The van der Waals surface area contributed by atoms with E-state index in [2.05, 4.69) is 60.6 Å². The molecule has 1 heterocycles. The van der Waals surface area contributed by atoms with Gasteiger partial charge in [-0.05, 0) is 107 Å². The topological polar surface area (TPSA) is 80.2 Å². The van der Waals surface area contributed by atoms with E-state index in [0.717, 1.165) is 31.5 Å². The lowest BCUT2D eigenvalue weighted by Gasteiger charge is -2.17. The van der Waals surface area contributed by atoms with Crippen LogP contribution >= 0.6 is 45.2 Å². The lowest BCUT2D eigenvalue weighted by Crippen LogP contribution is -2.19. The molecule has 2 aromatic rings. The van der Waals surface area contributed by atoms with Crippen LogP contribution in [-0.4, -0.2) is 44.4 Å². The van der Waals surface area contributed by atoms with Gasteiger partial charge >= 0.3 is 5.97 Å². The van der Waals surface area contributed by atoms with Crippen LogP contribution < -0.4 is 15.1 Å². The molecule has 0 atom stereocenters. The van der Waals surface area contributed by atoms with Gasteiger partial charge in [-0.2, -0.15) is 5.10 Å². The van der Waals surface area contributed by atoms with E-state index in [9.17, 15) is 9.59 Å². The number of benzene rings is 2. The maximum Gasteiger partial charge on any atom is 0.344 e. The third-order valence-corrected chi connectivity index (χ3v) is 6.24. The van der Waals surface area contributed by atoms with Crippen LogP contribution in [0, 0.1) is 7.14 Å². The number of esters is 1. The molecule has 164 valence electrons. The summed E-state index contributed by atoms with van der Waals surface area (Å²) >= 11 is 4.28. The summed E-state index contributed by atoms with van der Waals surface area (Å²) in [5, 5.41) is 4.07. The van der Waals surface area contributed by atoms with Crippen molar-refractivity contribution < 1.29 is 19.1 Å². The summed E-state index contributed by atoms with van der Waals surface area (Å²) in [7, 11) is 0. The summed E-state index contributed by atoms with van der Waals surface area (Å²) in [6, 6.07) is 11.3. The maximum absolute atomic E-state index is 12.4. The number of rotatable bonds is 8. The molecule has 0 bridgehead atoms. The standard InChI is InChI=1S/C22H23I2N3O4/c1-2-30-20(28)14-31-21-18(23)11-15(12-19(21)24)13-25-26-22(29)16-5-7-17(8-6-16)27-9-3-4-10-27/h5-8,11-13H,2-4,9-10,14H2,1H3,(H,26,29)/b25-13-. The number of anilines is 1. The number of amides is 1. The Morgan fingerprint density at radius 1 is 1.13 bits per heavy atom. The zero-order valence-electron chi connectivity index (χ0n) is 17.1. The normalized spacial score (nSPS) is 13.5. The van der Waals surface area contributed by atoms with Gasteiger partial charge in [0.2, 0.25) is 0 Å². The lowest BCUT2D eigenvalue weighted by atomic mass is 10.2. The number of carbonyl (C=O) groups excluding carboxylic acids is 2. The second kappa shape index (κ2) is 11.7. The molecule has 1 amide bonds. The van der Waals surface area contributed by atoms with Crippen molar-refractivity contribution in [2.75, 3.05) is 31.2 Å². The summed E-state index contributed by atoms with van der Waals surface area (Å²) in [5.41, 5.74) is 5.08. The van der Waals surface area contributed by atoms with E-state index < -0.39 is 5.97 Å². The van der Waals surface area contributed by atoms with E-state index >= 15 is 0 Å². The molecule has 9 heteroatoms. The minimum Gasteiger partial charge on any atom is -0.480 e. The van der Waals surface area contributed by atoms with E-state index in [4.69, 9.17) is 9.47 Å². The van der Waals surface area contributed by atoms with Crippen molar-refractivity contribution in [3.63, 3.8) is 0 Å². The number of hydrazone groups is 1. The molecule has 1 saturated heterocycles. The number of carbonyl (C=O) groups is 2. The quantitative estimate of drug-likeness (QED) is 0.201. The first-order chi connectivity index (χ1) is 15.0. The van der Waals surface area contributed by atoms with Crippen LogP contribution in [0.2, 0.25) is 0 Å². The van der Waals surface area contributed by atoms with Crippen molar-refractivity contribution >= 4 is 69.0 Å². The van der Waals surface area contributed by atoms with Crippen LogP contribution in [0.4, 0.5) is 5.69 Å². The van der Waals surface area contributed by atoms with Crippen molar-refractivity contribution in [3.8, 4) is 5.75 Å². The van der Waals surface area contributed by atoms with Gasteiger partial charge in [-0.1, -0.05) is 0 Å². The molecule has 3 rings (SSSR count). The molecule has 0 radical (unpaired) electrons. The van der Waals surface area contributed by atoms with Crippen LogP contribution in [0.1, 0.15) is 35.7 Å². The van der Waals surface area contributed by atoms with Gasteiger partial charge in [-0.15, -0.1) is 0 Å². The van der Waals surface area contributed by atoms with Gasteiger partial charge in [0, 0.05) is 24.3 Å². The smallest absolute Gasteiger partial charge is 0.344 e. The molecule has 1 aliphatic rings. The van der Waals surface area contributed by atoms with Gasteiger partial charge < -0.3 is 14.4 Å². The Bertz CT molecular complexity index is 935. The molecular weight excluding hydrogens is 624 g/mol. The summed E-state index contributed by atoms with van der Waals surface area (Å²) < 4.78 is 12.1. The highest BCUT2D eigenvalue weighted by Crippen LogP contribution is 2.28. The first-order valence-electron chi connectivity index (χ1n) is 9.94. The van der Waals surface area contributed by atoms with Crippen LogP contribution in [-0.2, 0) is 9.53 Å². The Morgan fingerprint density at radius 3 is 2.39 bits per heavy atom. The number of ether oxygens (including phenoxy) is 2. The Morgan fingerprint density at radius 2 is 1.77 bits per heavy atom. The summed E-state index contributed by atoms with van der Waals surface area (Å²) in [4.78, 5) is 26.2. The molecule has 2 aromatic carbocycles. The summed E-state index contributed by atoms with van der Waals surface area (Å²) in [6.45, 7) is 4.07. The highest BCUT2D eigenvalue weighted by Gasteiger charge is 2.13. The molecule has 0 aromatic heterocycles. The number of nitrogens with zero attached hydrogens (tertiary/aromatic N) is 2. The lowest BCUT2D eigenvalue weighted by molar-refractivity contribution is -0.145. The highest BCUT2D eigenvalue weighted by molar-refractivity contribution is 14.1. The largest absolute Gasteiger partial charge is 0.480 e. The fraction of sp³-hybridized carbons (Fsp3) is 0.318. The third kappa shape index (κ3) is 6.79. The Labute approximate surface area is 208 Å². The van der Waals surface area contributed by atoms with Gasteiger partial charge in [0.15, 0.2) is 6.61 Å². The second-order valence-electron chi connectivity index (χ2n) is 6.85. The molecule has 1 fully saturated rings. The number of halogens is 2. The molecular formula is C22H23I2N3O4. The second-order valence-corrected chi connectivity index (χ2v) is 9.17. The van der Waals surface area contributed by atoms with E-state index in [1.165, 1.54) is 12.8 Å². The van der Waals surface area contributed by atoms with Crippen molar-refractivity contribution in [1.82, 2.24) is 5.43 Å². The number of hydrogen-bond acceptors (Lipinski definition) is 6. The van der Waals surface area contributed by atoms with E-state index in [1.54, 1.807) is 13.1 Å². The van der Waals surface area contributed by atoms with Crippen LogP contribution in [0.15, 0.2) is 41.5 Å². The minimum atomic E-state index is -0.407. The minimum absolute atomic E-state index is 0.139. The molecule has 0 spiro atoms. The monoisotopic (exact) mass is 647 g/mol.